The maximum atomic E-state index is 5.33. The van der Waals surface area contributed by atoms with Crippen molar-refractivity contribution < 1.29 is 9.47 Å². The number of aryl methyl sites for hydroxylation is 1. The van der Waals surface area contributed by atoms with Crippen molar-refractivity contribution in [3.8, 4) is 11.5 Å². The van der Waals surface area contributed by atoms with Gasteiger partial charge in [0.2, 0.25) is 0 Å². The first-order valence-corrected chi connectivity index (χ1v) is 5.76. The Balaban J connectivity index is 2.32. The Bertz CT molecular complexity index is 555. The second-order valence-corrected chi connectivity index (χ2v) is 3.99. The van der Waals surface area contributed by atoms with Crippen LogP contribution >= 0.6 is 0 Å². The lowest BCUT2D eigenvalue weighted by molar-refractivity contribution is 0.402. The summed E-state index contributed by atoms with van der Waals surface area (Å²) in [5, 5.41) is 0. The number of nitrogens with zero attached hydrogens (tertiary/aromatic N) is 1. The fourth-order valence-electron chi connectivity index (χ4n) is 1.79. The molecule has 0 unspecified atom stereocenters. The highest BCUT2D eigenvalue weighted by Gasteiger charge is 2.02. The molecule has 18 heavy (non-hydrogen) atoms. The highest BCUT2D eigenvalue weighted by atomic mass is 16.5. The number of rotatable bonds is 4. The van der Waals surface area contributed by atoms with Crippen LogP contribution in [0.15, 0.2) is 36.5 Å². The highest BCUT2D eigenvalue weighted by Crippen LogP contribution is 2.25. The number of ether oxygens (including phenoxy) is 2. The lowest BCUT2D eigenvalue weighted by atomic mass is 10.1. The molecule has 0 radical (unpaired) electrons. The van der Waals surface area contributed by atoms with Gasteiger partial charge in [-0.1, -0.05) is 0 Å². The SMILES string of the molecule is COc1ccc(OC)c(/C=C/c2cccn2C)c1. The molecule has 3 heteroatoms. The molecule has 3 nitrogen and oxygen atoms in total. The molecule has 0 fully saturated rings. The molecule has 0 aliphatic rings. The lowest BCUT2D eigenvalue weighted by Crippen LogP contribution is -1.90. The molecular formula is C15H17NO2. The topological polar surface area (TPSA) is 23.4 Å². The first-order valence-electron chi connectivity index (χ1n) is 5.76. The highest BCUT2D eigenvalue weighted by molar-refractivity contribution is 5.72. The Morgan fingerprint density at radius 3 is 2.50 bits per heavy atom. The van der Waals surface area contributed by atoms with Gasteiger partial charge in [-0.15, -0.1) is 0 Å². The Hall–Kier alpha value is -2.16. The average Bonchev–Trinajstić information content (AvgIpc) is 2.81. The maximum absolute atomic E-state index is 5.33. The summed E-state index contributed by atoms with van der Waals surface area (Å²) in [5.41, 5.74) is 2.14. The Morgan fingerprint density at radius 2 is 1.89 bits per heavy atom. The number of aromatic nitrogens is 1. The molecule has 0 atom stereocenters. The molecule has 0 aliphatic carbocycles. The van der Waals surface area contributed by atoms with Crippen molar-refractivity contribution in [3.63, 3.8) is 0 Å². The van der Waals surface area contributed by atoms with Gasteiger partial charge < -0.3 is 14.0 Å². The van der Waals surface area contributed by atoms with Crippen LogP contribution in [-0.4, -0.2) is 18.8 Å². The molecule has 0 bridgehead atoms. The average molecular weight is 243 g/mol. The summed E-state index contributed by atoms with van der Waals surface area (Å²) in [5.74, 6) is 1.66. The van der Waals surface area contributed by atoms with Gasteiger partial charge in [0.25, 0.3) is 0 Å². The van der Waals surface area contributed by atoms with E-state index in [1.165, 1.54) is 0 Å². The number of hydrogen-bond donors (Lipinski definition) is 0. The van der Waals surface area contributed by atoms with Crippen molar-refractivity contribution >= 4 is 12.2 Å². The molecule has 2 aromatic rings. The smallest absolute Gasteiger partial charge is 0.126 e. The van der Waals surface area contributed by atoms with Crippen LogP contribution in [0.5, 0.6) is 11.5 Å². The van der Waals surface area contributed by atoms with Gasteiger partial charge in [-0.05, 0) is 42.5 Å². The zero-order valence-corrected chi connectivity index (χ0v) is 10.9. The van der Waals surface area contributed by atoms with E-state index < -0.39 is 0 Å². The molecule has 0 aliphatic heterocycles. The molecule has 0 saturated carbocycles. The van der Waals surface area contributed by atoms with Gasteiger partial charge in [-0.3, -0.25) is 0 Å². The quantitative estimate of drug-likeness (QED) is 0.823. The molecule has 1 heterocycles. The normalized spacial score (nSPS) is 10.8. The monoisotopic (exact) mass is 243 g/mol. The summed E-state index contributed by atoms with van der Waals surface area (Å²) < 4.78 is 12.6. The van der Waals surface area contributed by atoms with Crippen LogP contribution in [-0.2, 0) is 7.05 Å². The molecular weight excluding hydrogens is 226 g/mol. The summed E-state index contributed by atoms with van der Waals surface area (Å²) in [6.45, 7) is 0. The minimum Gasteiger partial charge on any atom is -0.497 e. The second-order valence-electron chi connectivity index (χ2n) is 3.99. The zero-order valence-electron chi connectivity index (χ0n) is 10.9. The second kappa shape index (κ2) is 5.45. The minimum atomic E-state index is 0.822. The molecule has 94 valence electrons. The van der Waals surface area contributed by atoms with Crippen molar-refractivity contribution in [3.05, 3.63) is 47.8 Å². The van der Waals surface area contributed by atoms with Crippen LogP contribution in [0.4, 0.5) is 0 Å². The number of hydrogen-bond acceptors (Lipinski definition) is 2. The minimum absolute atomic E-state index is 0.822. The molecule has 0 spiro atoms. The van der Waals surface area contributed by atoms with E-state index in [4.69, 9.17) is 9.47 Å². The van der Waals surface area contributed by atoms with E-state index in [0.717, 1.165) is 22.8 Å². The van der Waals surface area contributed by atoms with E-state index in [-0.39, 0.29) is 0 Å². The first kappa shape index (κ1) is 12.3. The Morgan fingerprint density at radius 1 is 1.06 bits per heavy atom. The van der Waals surface area contributed by atoms with Gasteiger partial charge in [0, 0.05) is 24.5 Å². The molecule has 0 N–H and O–H groups in total. The largest absolute Gasteiger partial charge is 0.497 e. The van der Waals surface area contributed by atoms with Crippen LogP contribution in [0.3, 0.4) is 0 Å². The van der Waals surface area contributed by atoms with E-state index >= 15 is 0 Å². The van der Waals surface area contributed by atoms with E-state index in [9.17, 15) is 0 Å². The summed E-state index contributed by atoms with van der Waals surface area (Å²) in [7, 11) is 5.34. The van der Waals surface area contributed by atoms with Crippen molar-refractivity contribution in [1.29, 1.82) is 0 Å². The van der Waals surface area contributed by atoms with Crippen LogP contribution in [0.1, 0.15) is 11.3 Å². The van der Waals surface area contributed by atoms with Crippen molar-refractivity contribution in [1.82, 2.24) is 4.57 Å². The molecule has 1 aromatic carbocycles. The van der Waals surface area contributed by atoms with Gasteiger partial charge in [0.05, 0.1) is 14.2 Å². The Labute approximate surface area is 107 Å². The van der Waals surface area contributed by atoms with E-state index in [0.29, 0.717) is 0 Å². The summed E-state index contributed by atoms with van der Waals surface area (Å²) in [4.78, 5) is 0. The predicted molar refractivity (Wildman–Crippen MR) is 73.9 cm³/mol. The lowest BCUT2D eigenvalue weighted by Gasteiger charge is -2.07. The molecule has 0 saturated heterocycles. The molecule has 2 rings (SSSR count). The zero-order chi connectivity index (χ0) is 13.0. The third-order valence-electron chi connectivity index (χ3n) is 2.85. The van der Waals surface area contributed by atoms with Crippen molar-refractivity contribution in [2.75, 3.05) is 14.2 Å². The fourth-order valence-corrected chi connectivity index (χ4v) is 1.79. The van der Waals surface area contributed by atoms with E-state index in [1.807, 2.05) is 43.6 Å². The van der Waals surface area contributed by atoms with Gasteiger partial charge in [0.1, 0.15) is 11.5 Å². The maximum Gasteiger partial charge on any atom is 0.126 e. The van der Waals surface area contributed by atoms with Crippen molar-refractivity contribution in [2.24, 2.45) is 7.05 Å². The molecule has 0 amide bonds. The first-order chi connectivity index (χ1) is 8.74. The summed E-state index contributed by atoms with van der Waals surface area (Å²) in [6.07, 6.45) is 6.09. The summed E-state index contributed by atoms with van der Waals surface area (Å²) >= 11 is 0. The fraction of sp³-hybridized carbons (Fsp3) is 0.200. The van der Waals surface area contributed by atoms with E-state index in [2.05, 4.69) is 16.7 Å². The van der Waals surface area contributed by atoms with Gasteiger partial charge in [-0.25, -0.2) is 0 Å². The summed E-state index contributed by atoms with van der Waals surface area (Å²) in [6, 6.07) is 9.83. The molecule has 1 aromatic heterocycles. The third-order valence-corrected chi connectivity index (χ3v) is 2.85. The number of methoxy groups -OCH3 is 2. The predicted octanol–water partition coefficient (Wildman–Crippen LogP) is 3.21. The Kier molecular flexibility index (Phi) is 3.72. The number of benzene rings is 1. The van der Waals surface area contributed by atoms with Crippen LogP contribution in [0, 0.1) is 0 Å². The van der Waals surface area contributed by atoms with E-state index in [1.54, 1.807) is 14.2 Å². The van der Waals surface area contributed by atoms with Crippen LogP contribution in [0.25, 0.3) is 12.2 Å². The van der Waals surface area contributed by atoms with Gasteiger partial charge >= 0.3 is 0 Å². The third kappa shape index (κ3) is 2.56. The van der Waals surface area contributed by atoms with Crippen LogP contribution < -0.4 is 9.47 Å². The van der Waals surface area contributed by atoms with Crippen molar-refractivity contribution in [2.45, 2.75) is 0 Å². The van der Waals surface area contributed by atoms with Gasteiger partial charge in [-0.2, -0.15) is 0 Å². The standard InChI is InChI=1S/C15H17NO2/c1-16-10-4-5-13(16)7-6-12-11-14(17-2)8-9-15(12)18-3/h4-11H,1-3H3/b7-6+. The van der Waals surface area contributed by atoms with Crippen LogP contribution in [0.2, 0.25) is 0 Å². The van der Waals surface area contributed by atoms with Gasteiger partial charge in [0.15, 0.2) is 0 Å².